The van der Waals surface area contributed by atoms with Crippen LogP contribution in [0.2, 0.25) is 0 Å². The summed E-state index contributed by atoms with van der Waals surface area (Å²) in [5.41, 5.74) is 1.53. The van der Waals surface area contributed by atoms with Crippen LogP contribution in [0.3, 0.4) is 0 Å². The van der Waals surface area contributed by atoms with E-state index >= 15 is 4.57 Å². The second kappa shape index (κ2) is 8.03. The fraction of sp³-hybridized carbons (Fsp3) is 0.333. The quantitative estimate of drug-likeness (QED) is 0.542. The molecule has 2 nitrogen and oxygen atoms in total. The summed E-state index contributed by atoms with van der Waals surface area (Å²) in [6.45, 7) is 8.34. The van der Waals surface area contributed by atoms with Crippen molar-refractivity contribution in [2.75, 3.05) is 0 Å². The summed E-state index contributed by atoms with van der Waals surface area (Å²) in [6, 6.07) is 13.9. The minimum atomic E-state index is -3.23. The summed E-state index contributed by atoms with van der Waals surface area (Å²) < 4.78 is 15.7. The van der Waals surface area contributed by atoms with Crippen molar-refractivity contribution >= 4 is 17.8 Å². The number of rotatable bonds is 3. The number of allylic oxidation sites excluding steroid dienone is 8. The zero-order chi connectivity index (χ0) is 23.4. The molecule has 0 radical (unpaired) electrons. The fourth-order valence-electron chi connectivity index (χ4n) is 6.18. The summed E-state index contributed by atoms with van der Waals surface area (Å²) in [4.78, 5) is 0. The van der Waals surface area contributed by atoms with Crippen LogP contribution in [0, 0.1) is 30.6 Å². The number of aryl methyl sites for hydroxylation is 1. The van der Waals surface area contributed by atoms with E-state index in [1.54, 1.807) is 0 Å². The standard InChI is InChI=1S/C30H33O2P/c1-20-18-26(30(2,3)4)28(31)27(19-20)33(32,21-12-6-5-7-13-21)29-24-16-10-8-14-22(24)23-15-9-11-17-25(23)29/h5-19,22-25,29,31H,1-4H3. The van der Waals surface area contributed by atoms with Gasteiger partial charge in [0, 0.05) is 16.5 Å². The van der Waals surface area contributed by atoms with Gasteiger partial charge in [0.05, 0.1) is 5.30 Å². The predicted molar refractivity (Wildman–Crippen MR) is 139 cm³/mol. The smallest absolute Gasteiger partial charge is 0.151 e. The molecule has 0 heterocycles. The van der Waals surface area contributed by atoms with Crippen molar-refractivity contribution in [3.63, 3.8) is 0 Å². The van der Waals surface area contributed by atoms with Crippen molar-refractivity contribution in [1.82, 2.24) is 0 Å². The van der Waals surface area contributed by atoms with Crippen LogP contribution in [-0.4, -0.2) is 10.8 Å². The number of phenols is 1. The average molecular weight is 457 g/mol. The molecule has 170 valence electrons. The van der Waals surface area contributed by atoms with Crippen molar-refractivity contribution in [2.45, 2.75) is 38.8 Å². The minimum Gasteiger partial charge on any atom is -0.507 e. The fourth-order valence-corrected chi connectivity index (χ4v) is 10.1. The van der Waals surface area contributed by atoms with Gasteiger partial charge < -0.3 is 9.67 Å². The van der Waals surface area contributed by atoms with Gasteiger partial charge in [-0.3, -0.25) is 0 Å². The van der Waals surface area contributed by atoms with Crippen LogP contribution in [0.25, 0.3) is 0 Å². The van der Waals surface area contributed by atoms with Crippen molar-refractivity contribution in [2.24, 2.45) is 23.7 Å². The Labute approximate surface area is 197 Å². The van der Waals surface area contributed by atoms with Gasteiger partial charge in [-0.15, -0.1) is 0 Å². The third-order valence-electron chi connectivity index (χ3n) is 7.64. The molecule has 2 aromatic carbocycles. The molecule has 0 saturated heterocycles. The highest BCUT2D eigenvalue weighted by molar-refractivity contribution is 7.79. The van der Waals surface area contributed by atoms with E-state index in [4.69, 9.17) is 0 Å². The first-order valence-electron chi connectivity index (χ1n) is 11.9. The van der Waals surface area contributed by atoms with Crippen LogP contribution in [0.1, 0.15) is 31.9 Å². The number of phenolic OH excluding ortho intramolecular Hbond substituents is 1. The lowest BCUT2D eigenvalue weighted by Gasteiger charge is -2.35. The molecule has 5 atom stereocenters. The number of hydrogen-bond acceptors (Lipinski definition) is 2. The number of fused-ring (bicyclic) bond motifs is 3. The van der Waals surface area contributed by atoms with Crippen LogP contribution >= 0.6 is 7.14 Å². The first-order chi connectivity index (χ1) is 15.7. The second-order valence-corrected chi connectivity index (χ2v) is 13.7. The maximum absolute atomic E-state index is 15.7. The van der Waals surface area contributed by atoms with Crippen LogP contribution in [0.5, 0.6) is 5.75 Å². The van der Waals surface area contributed by atoms with Crippen molar-refractivity contribution in [1.29, 1.82) is 0 Å². The van der Waals surface area contributed by atoms with Gasteiger partial charge in [-0.2, -0.15) is 0 Å². The molecular formula is C30H33O2P. The number of aromatic hydroxyl groups is 1. The summed E-state index contributed by atoms with van der Waals surface area (Å²) in [5.74, 6) is 1.14. The minimum absolute atomic E-state index is 0.113. The molecule has 2 aromatic rings. The van der Waals surface area contributed by atoms with Gasteiger partial charge >= 0.3 is 0 Å². The molecule has 1 fully saturated rings. The van der Waals surface area contributed by atoms with Crippen LogP contribution in [0.4, 0.5) is 0 Å². The first-order valence-corrected chi connectivity index (χ1v) is 13.7. The third kappa shape index (κ3) is 3.51. The Morgan fingerprint density at radius 2 is 1.30 bits per heavy atom. The monoisotopic (exact) mass is 456 g/mol. The molecule has 1 saturated carbocycles. The Bertz CT molecular complexity index is 1190. The topological polar surface area (TPSA) is 37.3 Å². The van der Waals surface area contributed by atoms with Gasteiger partial charge in [-0.05, 0) is 47.6 Å². The second-order valence-electron chi connectivity index (χ2n) is 10.8. The van der Waals surface area contributed by atoms with Gasteiger partial charge in [0.25, 0.3) is 0 Å². The number of hydrogen-bond donors (Lipinski definition) is 1. The van der Waals surface area contributed by atoms with Crippen molar-refractivity contribution in [3.8, 4) is 5.75 Å². The van der Waals surface area contributed by atoms with Crippen LogP contribution in [0.15, 0.2) is 91.1 Å². The molecule has 0 aliphatic heterocycles. The van der Waals surface area contributed by atoms with Gasteiger partial charge in [-0.25, -0.2) is 0 Å². The highest BCUT2D eigenvalue weighted by Gasteiger charge is 2.56. The highest BCUT2D eigenvalue weighted by Crippen LogP contribution is 2.65. The predicted octanol–water partition coefficient (Wildman–Crippen LogP) is 6.41. The van der Waals surface area contributed by atoms with E-state index in [2.05, 4.69) is 69.4 Å². The van der Waals surface area contributed by atoms with E-state index < -0.39 is 7.14 Å². The lowest BCUT2D eigenvalue weighted by atomic mass is 9.83. The zero-order valence-corrected chi connectivity index (χ0v) is 20.7. The van der Waals surface area contributed by atoms with E-state index in [9.17, 15) is 5.11 Å². The lowest BCUT2D eigenvalue weighted by molar-refractivity contribution is 0.449. The Kier molecular flexibility index (Phi) is 5.41. The molecule has 5 rings (SSSR count). The van der Waals surface area contributed by atoms with Gasteiger partial charge in [0.2, 0.25) is 0 Å². The Morgan fingerprint density at radius 1 is 0.788 bits per heavy atom. The average Bonchev–Trinajstić information content (AvgIpc) is 3.15. The van der Waals surface area contributed by atoms with Gasteiger partial charge in [0.15, 0.2) is 7.14 Å². The first kappa shape index (κ1) is 22.2. The molecule has 0 aromatic heterocycles. The van der Waals surface area contributed by atoms with Crippen molar-refractivity contribution < 1.29 is 9.67 Å². The Morgan fingerprint density at radius 3 is 1.82 bits per heavy atom. The molecule has 1 N–H and O–H groups in total. The molecule has 0 bridgehead atoms. The number of benzene rings is 2. The molecule has 33 heavy (non-hydrogen) atoms. The highest BCUT2D eigenvalue weighted by atomic mass is 31.2. The SMILES string of the molecule is Cc1cc(C(C)(C)C)c(O)c(P(=O)(c2ccccc2)C2C3C=CC=CC3C3C=CC=CC32)c1. The third-order valence-corrected chi connectivity index (χ3v) is 11.3. The normalized spacial score (nSPS) is 29.5. The lowest BCUT2D eigenvalue weighted by Crippen LogP contribution is -2.34. The summed E-state index contributed by atoms with van der Waals surface area (Å²) in [6.07, 6.45) is 17.5. The molecule has 3 heteroatoms. The van der Waals surface area contributed by atoms with Crippen LogP contribution in [-0.2, 0) is 9.98 Å². The molecule has 3 aliphatic carbocycles. The van der Waals surface area contributed by atoms with Crippen LogP contribution < -0.4 is 10.6 Å². The molecule has 3 aliphatic rings. The maximum Gasteiger partial charge on any atom is 0.151 e. The molecule has 0 amide bonds. The Hall–Kier alpha value is -2.57. The van der Waals surface area contributed by atoms with Gasteiger partial charge in [-0.1, -0.05) is 106 Å². The largest absolute Gasteiger partial charge is 0.507 e. The van der Waals surface area contributed by atoms with Gasteiger partial charge in [0.1, 0.15) is 5.75 Å². The van der Waals surface area contributed by atoms with E-state index in [1.807, 2.05) is 49.4 Å². The zero-order valence-electron chi connectivity index (χ0n) is 19.8. The van der Waals surface area contributed by atoms with Crippen molar-refractivity contribution in [3.05, 3.63) is 102 Å². The van der Waals surface area contributed by atoms with E-state index in [1.165, 1.54) is 0 Å². The molecule has 5 unspecified atom stereocenters. The van der Waals surface area contributed by atoms with E-state index in [0.29, 0.717) is 17.1 Å². The van der Waals surface area contributed by atoms with E-state index in [-0.39, 0.29) is 28.7 Å². The molecular weight excluding hydrogens is 423 g/mol. The Balaban J connectivity index is 1.81. The summed E-state index contributed by atoms with van der Waals surface area (Å²) in [7, 11) is -3.23. The summed E-state index contributed by atoms with van der Waals surface area (Å²) in [5, 5.41) is 13.1. The summed E-state index contributed by atoms with van der Waals surface area (Å²) >= 11 is 0. The molecule has 0 spiro atoms. The maximum atomic E-state index is 15.7. The van der Waals surface area contributed by atoms with E-state index in [0.717, 1.165) is 16.4 Å².